The van der Waals surface area contributed by atoms with Crippen LogP contribution in [0.3, 0.4) is 0 Å². The summed E-state index contributed by atoms with van der Waals surface area (Å²) in [4.78, 5) is 39.6. The third-order valence-corrected chi connectivity index (χ3v) is 5.93. The highest BCUT2D eigenvalue weighted by molar-refractivity contribution is 6.10. The maximum absolute atomic E-state index is 13.2. The first kappa shape index (κ1) is 21.5. The van der Waals surface area contributed by atoms with E-state index in [1.165, 1.54) is 0 Å². The number of carbonyl (C=O) groups excluding carboxylic acids is 3. The molecule has 34 heavy (non-hydrogen) atoms. The van der Waals surface area contributed by atoms with Crippen molar-refractivity contribution in [2.45, 2.75) is 18.9 Å². The molecule has 0 spiro atoms. The van der Waals surface area contributed by atoms with E-state index in [-0.39, 0.29) is 19.8 Å². The number of para-hydroxylation sites is 1. The fourth-order valence-corrected chi connectivity index (χ4v) is 4.26. The zero-order chi connectivity index (χ0) is 23.7. The van der Waals surface area contributed by atoms with Gasteiger partial charge in [-0.3, -0.25) is 14.5 Å². The molecule has 2 heterocycles. The van der Waals surface area contributed by atoms with E-state index in [1.54, 1.807) is 25.1 Å². The molecular formula is C26H23N3O5. The van der Waals surface area contributed by atoms with E-state index < -0.39 is 23.4 Å². The van der Waals surface area contributed by atoms with Crippen LogP contribution in [0.15, 0.2) is 72.8 Å². The Bertz CT molecular complexity index is 1280. The van der Waals surface area contributed by atoms with Crippen molar-refractivity contribution in [1.82, 2.24) is 10.2 Å². The van der Waals surface area contributed by atoms with E-state index in [1.807, 2.05) is 54.6 Å². The normalized spacial score (nSPS) is 18.7. The van der Waals surface area contributed by atoms with Gasteiger partial charge in [-0.25, -0.2) is 4.79 Å². The van der Waals surface area contributed by atoms with Crippen LogP contribution in [0.4, 0.5) is 10.5 Å². The van der Waals surface area contributed by atoms with E-state index in [9.17, 15) is 14.4 Å². The van der Waals surface area contributed by atoms with E-state index in [2.05, 4.69) is 10.6 Å². The number of urea groups is 1. The molecule has 3 aromatic carbocycles. The van der Waals surface area contributed by atoms with Crippen LogP contribution in [0.25, 0.3) is 11.1 Å². The van der Waals surface area contributed by atoms with Gasteiger partial charge < -0.3 is 20.1 Å². The van der Waals surface area contributed by atoms with Gasteiger partial charge >= 0.3 is 6.03 Å². The fraction of sp³-hybridized carbons (Fsp3) is 0.192. The lowest BCUT2D eigenvalue weighted by Crippen LogP contribution is -2.46. The molecule has 2 aliphatic rings. The van der Waals surface area contributed by atoms with Crippen LogP contribution in [0.2, 0.25) is 0 Å². The van der Waals surface area contributed by atoms with Crippen molar-refractivity contribution in [2.24, 2.45) is 0 Å². The third-order valence-electron chi connectivity index (χ3n) is 5.93. The second-order valence-corrected chi connectivity index (χ2v) is 8.48. The highest BCUT2D eigenvalue weighted by Gasteiger charge is 2.48. The number of carbonyl (C=O) groups is 3. The molecule has 0 radical (unpaired) electrons. The Balaban J connectivity index is 1.29. The Kier molecular flexibility index (Phi) is 5.41. The molecule has 5 rings (SSSR count). The first-order valence-electron chi connectivity index (χ1n) is 10.9. The van der Waals surface area contributed by atoms with Crippen LogP contribution in [0.5, 0.6) is 11.5 Å². The molecule has 0 aliphatic carbocycles. The van der Waals surface area contributed by atoms with Crippen LogP contribution < -0.4 is 20.1 Å². The van der Waals surface area contributed by atoms with Gasteiger partial charge in [0.05, 0.1) is 0 Å². The summed E-state index contributed by atoms with van der Waals surface area (Å²) in [5, 5.41) is 5.58. The Morgan fingerprint density at radius 3 is 2.56 bits per heavy atom. The fourth-order valence-electron chi connectivity index (χ4n) is 4.26. The molecule has 8 nitrogen and oxygen atoms in total. The molecule has 0 saturated carbocycles. The number of nitrogens with one attached hydrogen (secondary N) is 2. The standard InChI is InChI=1S/C26H23N3O5/c1-26(14-17-11-12-21-22(13-17)34-16-33-21)24(31)29(25(32)28-26)15-23(30)27-20-10-6-5-9-19(20)18-7-3-2-4-8-18/h2-13H,14-16H2,1H3,(H,27,30)(H,28,32). The average molecular weight is 457 g/mol. The molecule has 1 atom stereocenters. The number of amides is 4. The number of hydrogen-bond donors (Lipinski definition) is 2. The summed E-state index contributed by atoms with van der Waals surface area (Å²) < 4.78 is 10.7. The molecule has 4 amide bonds. The van der Waals surface area contributed by atoms with Crippen molar-refractivity contribution in [3.05, 3.63) is 78.4 Å². The SMILES string of the molecule is CC1(Cc2ccc3c(c2)OCO3)NC(=O)N(CC(=O)Nc2ccccc2-c2ccccc2)C1=O. The van der Waals surface area contributed by atoms with Crippen LogP contribution >= 0.6 is 0 Å². The largest absolute Gasteiger partial charge is 0.454 e. The summed E-state index contributed by atoms with van der Waals surface area (Å²) >= 11 is 0. The van der Waals surface area contributed by atoms with Gasteiger partial charge in [-0.15, -0.1) is 0 Å². The average Bonchev–Trinajstić information content (AvgIpc) is 3.38. The first-order chi connectivity index (χ1) is 16.4. The van der Waals surface area contributed by atoms with Gasteiger partial charge in [0, 0.05) is 17.7 Å². The zero-order valence-electron chi connectivity index (χ0n) is 18.5. The van der Waals surface area contributed by atoms with Crippen molar-refractivity contribution < 1.29 is 23.9 Å². The highest BCUT2D eigenvalue weighted by atomic mass is 16.7. The molecule has 8 heteroatoms. The van der Waals surface area contributed by atoms with Gasteiger partial charge in [0.1, 0.15) is 12.1 Å². The van der Waals surface area contributed by atoms with Crippen LogP contribution in [-0.4, -0.2) is 41.6 Å². The van der Waals surface area contributed by atoms with Gasteiger partial charge in [0.15, 0.2) is 11.5 Å². The van der Waals surface area contributed by atoms with Crippen LogP contribution in [0, 0.1) is 0 Å². The summed E-state index contributed by atoms with van der Waals surface area (Å²) in [6.07, 6.45) is 0.253. The minimum atomic E-state index is -1.17. The predicted octanol–water partition coefficient (Wildman–Crippen LogP) is 3.57. The van der Waals surface area contributed by atoms with Crippen molar-refractivity contribution in [1.29, 1.82) is 0 Å². The quantitative estimate of drug-likeness (QED) is 0.552. The minimum Gasteiger partial charge on any atom is -0.454 e. The zero-order valence-corrected chi connectivity index (χ0v) is 18.5. The van der Waals surface area contributed by atoms with Gasteiger partial charge in [0.25, 0.3) is 5.91 Å². The molecule has 172 valence electrons. The number of ether oxygens (including phenoxy) is 2. The van der Waals surface area contributed by atoms with Crippen molar-refractivity contribution in [2.75, 3.05) is 18.7 Å². The molecule has 2 N–H and O–H groups in total. The van der Waals surface area contributed by atoms with E-state index in [0.717, 1.165) is 21.6 Å². The molecule has 0 bridgehead atoms. The second kappa shape index (κ2) is 8.55. The van der Waals surface area contributed by atoms with Gasteiger partial charge in [-0.05, 0) is 36.2 Å². The van der Waals surface area contributed by atoms with Crippen LogP contribution in [-0.2, 0) is 16.0 Å². The number of benzene rings is 3. The predicted molar refractivity (Wildman–Crippen MR) is 125 cm³/mol. The number of hydrogen-bond acceptors (Lipinski definition) is 5. The summed E-state index contributed by atoms with van der Waals surface area (Å²) in [6, 6.07) is 21.8. The van der Waals surface area contributed by atoms with E-state index in [0.29, 0.717) is 17.2 Å². The molecule has 3 aromatic rings. The van der Waals surface area contributed by atoms with Crippen LogP contribution in [0.1, 0.15) is 12.5 Å². The molecular weight excluding hydrogens is 434 g/mol. The van der Waals surface area contributed by atoms with Gasteiger partial charge in [-0.1, -0.05) is 54.6 Å². The summed E-state index contributed by atoms with van der Waals surface area (Å²) in [7, 11) is 0. The molecule has 1 unspecified atom stereocenters. The maximum Gasteiger partial charge on any atom is 0.325 e. The topological polar surface area (TPSA) is 97.0 Å². The minimum absolute atomic E-state index is 0.155. The monoisotopic (exact) mass is 457 g/mol. The molecule has 1 saturated heterocycles. The van der Waals surface area contributed by atoms with Crippen molar-refractivity contribution >= 4 is 23.5 Å². The smallest absolute Gasteiger partial charge is 0.325 e. The number of fused-ring (bicyclic) bond motifs is 1. The van der Waals surface area contributed by atoms with Gasteiger partial charge in [0.2, 0.25) is 12.7 Å². The molecule has 1 fully saturated rings. The summed E-state index contributed by atoms with van der Waals surface area (Å²) in [5.74, 6) is 0.330. The van der Waals surface area contributed by atoms with Gasteiger partial charge in [-0.2, -0.15) is 0 Å². The van der Waals surface area contributed by atoms with E-state index in [4.69, 9.17) is 9.47 Å². The summed E-state index contributed by atoms with van der Waals surface area (Å²) in [6.45, 7) is 1.42. The first-order valence-corrected chi connectivity index (χ1v) is 10.9. The maximum atomic E-state index is 13.2. The number of rotatable bonds is 6. The van der Waals surface area contributed by atoms with Crippen molar-refractivity contribution in [3.63, 3.8) is 0 Å². The summed E-state index contributed by atoms with van der Waals surface area (Å²) in [5.41, 5.74) is 2.04. The lowest BCUT2D eigenvalue weighted by molar-refractivity contribution is -0.133. The Hall–Kier alpha value is -4.33. The second-order valence-electron chi connectivity index (χ2n) is 8.48. The number of anilines is 1. The molecule has 0 aromatic heterocycles. The Labute approximate surface area is 196 Å². The molecule has 2 aliphatic heterocycles. The number of imide groups is 1. The highest BCUT2D eigenvalue weighted by Crippen LogP contribution is 2.34. The third kappa shape index (κ3) is 4.05. The lowest BCUT2D eigenvalue weighted by atomic mass is 9.92. The Morgan fingerprint density at radius 1 is 1.00 bits per heavy atom. The van der Waals surface area contributed by atoms with Crippen molar-refractivity contribution in [3.8, 4) is 22.6 Å². The van der Waals surface area contributed by atoms with E-state index >= 15 is 0 Å². The Morgan fingerprint density at radius 2 is 1.74 bits per heavy atom. The number of nitrogens with zero attached hydrogens (tertiary/aromatic N) is 1. The lowest BCUT2D eigenvalue weighted by Gasteiger charge is -2.22.